The Morgan fingerprint density at radius 2 is 2.09 bits per heavy atom. The smallest absolute Gasteiger partial charge is 0.331 e. The third kappa shape index (κ3) is 4.17. The van der Waals surface area contributed by atoms with Gasteiger partial charge < -0.3 is 9.26 Å². The number of aryl methyl sites for hydroxylation is 1. The number of hydrogen-bond donors (Lipinski definition) is 0. The minimum atomic E-state index is -0.402. The van der Waals surface area contributed by atoms with Crippen LogP contribution in [0, 0.1) is 6.92 Å². The molecule has 0 amide bonds. The van der Waals surface area contributed by atoms with Crippen molar-refractivity contribution in [1.29, 1.82) is 0 Å². The highest BCUT2D eigenvalue weighted by atomic mass is 32.1. The molecule has 1 aromatic carbocycles. The molecule has 0 aliphatic carbocycles. The van der Waals surface area contributed by atoms with Crippen LogP contribution in [0.4, 0.5) is 0 Å². The van der Waals surface area contributed by atoms with Gasteiger partial charge in [0.2, 0.25) is 0 Å². The van der Waals surface area contributed by atoms with E-state index in [0.717, 1.165) is 9.75 Å². The zero-order valence-electron chi connectivity index (χ0n) is 12.6. The second-order valence-electron chi connectivity index (χ2n) is 4.94. The van der Waals surface area contributed by atoms with Gasteiger partial charge in [-0.3, -0.25) is 0 Å². The SMILES string of the molecule is Cc1cc(COC(=O)C=Cc2ccc(-c3ccccc3)s2)no1. The van der Waals surface area contributed by atoms with Crippen LogP contribution in [-0.2, 0) is 16.1 Å². The maximum Gasteiger partial charge on any atom is 0.331 e. The van der Waals surface area contributed by atoms with Crippen molar-refractivity contribution in [2.45, 2.75) is 13.5 Å². The van der Waals surface area contributed by atoms with E-state index < -0.39 is 5.97 Å². The van der Waals surface area contributed by atoms with Crippen molar-refractivity contribution in [3.05, 3.63) is 70.9 Å². The summed E-state index contributed by atoms with van der Waals surface area (Å²) in [5.74, 6) is 0.291. The number of carbonyl (C=O) groups excluding carboxylic acids is 1. The highest BCUT2D eigenvalue weighted by Crippen LogP contribution is 2.28. The lowest BCUT2D eigenvalue weighted by atomic mass is 10.2. The minimum Gasteiger partial charge on any atom is -0.456 e. The summed E-state index contributed by atoms with van der Waals surface area (Å²) in [6.07, 6.45) is 3.18. The molecular weight excluding hydrogens is 310 g/mol. The number of carbonyl (C=O) groups is 1. The Balaban J connectivity index is 1.57. The molecule has 4 nitrogen and oxygen atoms in total. The average molecular weight is 325 g/mol. The number of esters is 1. The molecule has 0 spiro atoms. The molecule has 5 heteroatoms. The van der Waals surface area contributed by atoms with Gasteiger partial charge in [0.25, 0.3) is 0 Å². The zero-order valence-corrected chi connectivity index (χ0v) is 13.4. The van der Waals surface area contributed by atoms with Gasteiger partial charge in [-0.2, -0.15) is 0 Å². The van der Waals surface area contributed by atoms with Crippen molar-refractivity contribution < 1.29 is 14.1 Å². The topological polar surface area (TPSA) is 52.3 Å². The van der Waals surface area contributed by atoms with Crippen molar-refractivity contribution in [2.24, 2.45) is 0 Å². The molecule has 0 saturated carbocycles. The molecule has 0 bridgehead atoms. The van der Waals surface area contributed by atoms with E-state index in [1.54, 1.807) is 30.4 Å². The quantitative estimate of drug-likeness (QED) is 0.513. The van der Waals surface area contributed by atoms with E-state index in [-0.39, 0.29) is 6.61 Å². The maximum absolute atomic E-state index is 11.7. The maximum atomic E-state index is 11.7. The van der Waals surface area contributed by atoms with Crippen LogP contribution in [0.3, 0.4) is 0 Å². The van der Waals surface area contributed by atoms with Crippen molar-refractivity contribution >= 4 is 23.4 Å². The molecule has 116 valence electrons. The largest absolute Gasteiger partial charge is 0.456 e. The van der Waals surface area contributed by atoms with E-state index in [1.165, 1.54) is 11.6 Å². The zero-order chi connectivity index (χ0) is 16.1. The Labute approximate surface area is 138 Å². The molecule has 0 saturated heterocycles. The fraction of sp³-hybridized carbons (Fsp3) is 0.111. The van der Waals surface area contributed by atoms with Crippen LogP contribution in [0.25, 0.3) is 16.5 Å². The van der Waals surface area contributed by atoms with Gasteiger partial charge in [-0.1, -0.05) is 35.5 Å². The Hall–Kier alpha value is -2.66. The normalized spacial score (nSPS) is 11.0. The number of hydrogen-bond acceptors (Lipinski definition) is 5. The lowest BCUT2D eigenvalue weighted by Gasteiger charge is -1.97. The summed E-state index contributed by atoms with van der Waals surface area (Å²) < 4.78 is 10.0. The van der Waals surface area contributed by atoms with Gasteiger partial charge in [-0.05, 0) is 30.7 Å². The molecule has 0 fully saturated rings. The summed E-state index contributed by atoms with van der Waals surface area (Å²) in [4.78, 5) is 13.9. The van der Waals surface area contributed by atoms with Crippen LogP contribution in [-0.4, -0.2) is 11.1 Å². The van der Waals surface area contributed by atoms with Gasteiger partial charge >= 0.3 is 5.97 Å². The predicted octanol–water partition coefficient (Wildman–Crippen LogP) is 4.47. The highest BCUT2D eigenvalue weighted by Gasteiger charge is 2.04. The lowest BCUT2D eigenvalue weighted by molar-refractivity contribution is -0.139. The monoisotopic (exact) mass is 325 g/mol. The molecule has 0 N–H and O–H groups in total. The van der Waals surface area contributed by atoms with Gasteiger partial charge in [0.1, 0.15) is 18.1 Å². The first-order chi connectivity index (χ1) is 11.2. The molecule has 0 radical (unpaired) electrons. The molecule has 0 aliphatic heterocycles. The number of aromatic nitrogens is 1. The van der Waals surface area contributed by atoms with E-state index in [1.807, 2.05) is 30.3 Å². The first-order valence-corrected chi connectivity index (χ1v) is 7.94. The Bertz CT molecular complexity index is 818. The van der Waals surface area contributed by atoms with Crippen LogP contribution < -0.4 is 0 Å². The number of nitrogens with zero attached hydrogens (tertiary/aromatic N) is 1. The number of benzene rings is 1. The first kappa shape index (κ1) is 15.2. The molecule has 23 heavy (non-hydrogen) atoms. The molecule has 0 aliphatic rings. The molecular formula is C18H15NO3S. The van der Waals surface area contributed by atoms with Gasteiger partial charge in [-0.25, -0.2) is 4.79 Å². The molecule has 2 heterocycles. The Morgan fingerprint density at radius 1 is 1.26 bits per heavy atom. The fourth-order valence-corrected chi connectivity index (χ4v) is 2.95. The molecule has 3 rings (SSSR count). The summed E-state index contributed by atoms with van der Waals surface area (Å²) in [7, 11) is 0. The second-order valence-corrected chi connectivity index (χ2v) is 6.05. The minimum absolute atomic E-state index is 0.111. The fourth-order valence-electron chi connectivity index (χ4n) is 2.03. The standard InChI is InChI=1S/C18H15NO3S/c1-13-11-15(19-22-13)12-21-18(20)10-8-16-7-9-17(23-16)14-5-3-2-4-6-14/h2-11H,12H2,1H3. The Morgan fingerprint density at radius 3 is 2.83 bits per heavy atom. The first-order valence-electron chi connectivity index (χ1n) is 7.13. The van der Waals surface area contributed by atoms with Crippen LogP contribution >= 0.6 is 11.3 Å². The lowest BCUT2D eigenvalue weighted by Crippen LogP contribution is -2.00. The van der Waals surface area contributed by atoms with Gasteiger partial charge in [-0.15, -0.1) is 11.3 Å². The van der Waals surface area contributed by atoms with Crippen LogP contribution in [0.5, 0.6) is 0 Å². The van der Waals surface area contributed by atoms with E-state index in [9.17, 15) is 4.79 Å². The van der Waals surface area contributed by atoms with Crippen molar-refractivity contribution in [3.63, 3.8) is 0 Å². The van der Waals surface area contributed by atoms with Crippen molar-refractivity contribution in [2.75, 3.05) is 0 Å². The van der Waals surface area contributed by atoms with E-state index in [2.05, 4.69) is 17.3 Å². The third-order valence-electron chi connectivity index (χ3n) is 3.11. The molecule has 0 atom stereocenters. The van der Waals surface area contributed by atoms with Crippen LogP contribution in [0.15, 0.2) is 59.1 Å². The highest BCUT2D eigenvalue weighted by molar-refractivity contribution is 7.16. The second kappa shape index (κ2) is 7.07. The molecule has 2 aromatic heterocycles. The third-order valence-corrected chi connectivity index (χ3v) is 4.21. The predicted molar refractivity (Wildman–Crippen MR) is 89.8 cm³/mol. The van der Waals surface area contributed by atoms with Gasteiger partial charge in [0.05, 0.1) is 0 Å². The van der Waals surface area contributed by atoms with E-state index in [0.29, 0.717) is 11.5 Å². The van der Waals surface area contributed by atoms with E-state index in [4.69, 9.17) is 9.26 Å². The van der Waals surface area contributed by atoms with Crippen LogP contribution in [0.2, 0.25) is 0 Å². The summed E-state index contributed by atoms with van der Waals surface area (Å²) in [5.41, 5.74) is 1.77. The van der Waals surface area contributed by atoms with E-state index >= 15 is 0 Å². The Kier molecular flexibility index (Phi) is 4.68. The van der Waals surface area contributed by atoms with Crippen molar-refractivity contribution in [1.82, 2.24) is 5.16 Å². The molecule has 3 aromatic rings. The van der Waals surface area contributed by atoms with Crippen LogP contribution in [0.1, 0.15) is 16.3 Å². The summed E-state index contributed by atoms with van der Waals surface area (Å²) in [6, 6.07) is 15.9. The number of ether oxygens (including phenoxy) is 1. The van der Waals surface area contributed by atoms with Crippen molar-refractivity contribution in [3.8, 4) is 10.4 Å². The van der Waals surface area contributed by atoms with Gasteiger partial charge in [0, 0.05) is 21.9 Å². The van der Waals surface area contributed by atoms with Gasteiger partial charge in [0.15, 0.2) is 0 Å². The number of thiophene rings is 1. The summed E-state index contributed by atoms with van der Waals surface area (Å²) in [6.45, 7) is 1.90. The molecule has 0 unspecified atom stereocenters. The summed E-state index contributed by atoms with van der Waals surface area (Å²) >= 11 is 1.62. The summed E-state index contributed by atoms with van der Waals surface area (Å²) in [5, 5.41) is 3.77. The average Bonchev–Trinajstić information content (AvgIpc) is 3.21. The number of rotatable bonds is 5.